The minimum Gasteiger partial charge on any atom is -0.393 e. The zero-order valence-corrected chi connectivity index (χ0v) is 9.60. The molecule has 1 N–H and O–H groups in total. The number of allylic oxidation sites excluding steroid dienone is 2. The molecule has 74 valence electrons. The molecule has 0 spiro atoms. The predicted octanol–water partition coefficient (Wildman–Crippen LogP) is 2.76. The van der Waals surface area contributed by atoms with Crippen molar-refractivity contribution in [2.75, 3.05) is 13.7 Å². The molecule has 1 rings (SSSR count). The summed E-state index contributed by atoms with van der Waals surface area (Å²) in [5.41, 5.74) is -1.28. The van der Waals surface area contributed by atoms with Crippen LogP contribution in [0.25, 0.3) is 0 Å². The van der Waals surface area contributed by atoms with Crippen LogP contribution in [0.5, 0.6) is 0 Å². The minimum atomic E-state index is -1.28. The van der Waals surface area contributed by atoms with Crippen molar-refractivity contribution in [2.24, 2.45) is 0 Å². The molecular formula is C7H6Cl4O2. The van der Waals surface area contributed by atoms with E-state index >= 15 is 0 Å². The zero-order chi connectivity index (χ0) is 10.2. The molecule has 0 aromatic rings. The number of halogens is 4. The topological polar surface area (TPSA) is 29.5 Å². The van der Waals surface area contributed by atoms with Crippen molar-refractivity contribution in [1.82, 2.24) is 0 Å². The first-order valence-corrected chi connectivity index (χ1v) is 4.80. The molecule has 0 aliphatic heterocycles. The summed E-state index contributed by atoms with van der Waals surface area (Å²) >= 11 is 23.1. The van der Waals surface area contributed by atoms with Gasteiger partial charge in [-0.3, -0.25) is 0 Å². The fourth-order valence-corrected chi connectivity index (χ4v) is 2.32. The van der Waals surface area contributed by atoms with Gasteiger partial charge < -0.3 is 9.84 Å². The third kappa shape index (κ3) is 1.50. The number of hydrogen-bond acceptors (Lipinski definition) is 2. The molecule has 13 heavy (non-hydrogen) atoms. The van der Waals surface area contributed by atoms with Gasteiger partial charge in [-0.1, -0.05) is 46.4 Å². The normalized spacial score (nSPS) is 21.7. The van der Waals surface area contributed by atoms with Crippen LogP contribution in [0.2, 0.25) is 0 Å². The van der Waals surface area contributed by atoms with Gasteiger partial charge in [0.25, 0.3) is 0 Å². The predicted molar refractivity (Wildman–Crippen MR) is 54.3 cm³/mol. The summed E-state index contributed by atoms with van der Waals surface area (Å²) in [5, 5.41) is 9.55. The summed E-state index contributed by atoms with van der Waals surface area (Å²) in [6.45, 7) is -0.409. The van der Waals surface area contributed by atoms with E-state index in [1.807, 2.05) is 0 Å². The lowest BCUT2D eigenvalue weighted by molar-refractivity contribution is 0.0176. The summed E-state index contributed by atoms with van der Waals surface area (Å²) in [4.78, 5) is 0. The Balaban J connectivity index is 3.28. The molecule has 0 saturated heterocycles. The molecule has 0 bridgehead atoms. The van der Waals surface area contributed by atoms with E-state index < -0.39 is 12.2 Å². The van der Waals surface area contributed by atoms with Gasteiger partial charge in [0.15, 0.2) is 5.60 Å². The molecule has 6 heteroatoms. The Labute approximate surface area is 95.7 Å². The van der Waals surface area contributed by atoms with E-state index in [1.165, 1.54) is 7.11 Å². The monoisotopic (exact) mass is 262 g/mol. The molecule has 0 heterocycles. The first kappa shape index (κ1) is 11.6. The molecular weight excluding hydrogens is 258 g/mol. The van der Waals surface area contributed by atoms with E-state index in [1.54, 1.807) is 0 Å². The third-order valence-corrected chi connectivity index (χ3v) is 3.89. The molecule has 0 aromatic heterocycles. The highest BCUT2D eigenvalue weighted by Gasteiger charge is 2.45. The van der Waals surface area contributed by atoms with E-state index in [4.69, 9.17) is 56.2 Å². The van der Waals surface area contributed by atoms with E-state index in [9.17, 15) is 0 Å². The van der Waals surface area contributed by atoms with Crippen LogP contribution in [0.1, 0.15) is 0 Å². The lowest BCUT2D eigenvalue weighted by Gasteiger charge is -2.25. The smallest absolute Gasteiger partial charge is 0.164 e. The van der Waals surface area contributed by atoms with Crippen LogP contribution in [-0.2, 0) is 4.74 Å². The summed E-state index contributed by atoms with van der Waals surface area (Å²) < 4.78 is 5.01. The highest BCUT2D eigenvalue weighted by atomic mass is 35.5. The quantitative estimate of drug-likeness (QED) is 0.830. The van der Waals surface area contributed by atoms with Crippen LogP contribution in [-0.4, -0.2) is 24.4 Å². The van der Waals surface area contributed by atoms with Crippen LogP contribution >= 0.6 is 46.4 Å². The summed E-state index contributed by atoms with van der Waals surface area (Å²) in [5.74, 6) is 0. The average molecular weight is 264 g/mol. The maximum Gasteiger partial charge on any atom is 0.164 e. The first-order chi connectivity index (χ1) is 6.01. The van der Waals surface area contributed by atoms with Gasteiger partial charge in [0, 0.05) is 7.11 Å². The SMILES string of the molecule is COC1(CO)C(Cl)=C(Cl)C(Cl)=C1Cl. The number of rotatable bonds is 2. The lowest BCUT2D eigenvalue weighted by atomic mass is 10.1. The largest absolute Gasteiger partial charge is 0.393 e. The first-order valence-electron chi connectivity index (χ1n) is 3.29. The van der Waals surface area contributed by atoms with Crippen molar-refractivity contribution < 1.29 is 9.84 Å². The van der Waals surface area contributed by atoms with Crippen LogP contribution < -0.4 is 0 Å². The van der Waals surface area contributed by atoms with Crippen molar-refractivity contribution in [3.63, 3.8) is 0 Å². The minimum absolute atomic E-state index is 0.106. The molecule has 0 radical (unpaired) electrons. The fourth-order valence-electron chi connectivity index (χ4n) is 1.03. The molecule has 0 amide bonds. The number of ether oxygens (including phenoxy) is 1. The van der Waals surface area contributed by atoms with Gasteiger partial charge in [-0.25, -0.2) is 0 Å². The molecule has 0 unspecified atom stereocenters. The molecule has 0 saturated carbocycles. The van der Waals surface area contributed by atoms with Gasteiger partial charge in [-0.2, -0.15) is 0 Å². The molecule has 0 aromatic carbocycles. The molecule has 2 nitrogen and oxygen atoms in total. The Bertz CT molecular complexity index is 265. The van der Waals surface area contributed by atoms with Crippen LogP contribution in [0.4, 0.5) is 0 Å². The highest BCUT2D eigenvalue weighted by Crippen LogP contribution is 2.49. The maximum atomic E-state index is 9.11. The van der Waals surface area contributed by atoms with E-state index in [-0.39, 0.29) is 20.1 Å². The second-order valence-electron chi connectivity index (χ2n) is 2.45. The second kappa shape index (κ2) is 3.97. The average Bonchev–Trinajstić information content (AvgIpc) is 2.31. The molecule has 0 atom stereocenters. The zero-order valence-electron chi connectivity index (χ0n) is 6.57. The van der Waals surface area contributed by atoms with Crippen molar-refractivity contribution >= 4 is 46.4 Å². The van der Waals surface area contributed by atoms with Gasteiger partial charge >= 0.3 is 0 Å². The van der Waals surface area contributed by atoms with Gasteiger partial charge in [-0.05, 0) is 0 Å². The Morgan fingerprint density at radius 2 is 1.54 bits per heavy atom. The van der Waals surface area contributed by atoms with Crippen LogP contribution in [0.3, 0.4) is 0 Å². The van der Waals surface area contributed by atoms with Gasteiger partial charge in [0.1, 0.15) is 0 Å². The van der Waals surface area contributed by atoms with Crippen LogP contribution in [0.15, 0.2) is 20.1 Å². The number of aliphatic hydroxyl groups excluding tert-OH is 1. The van der Waals surface area contributed by atoms with Gasteiger partial charge in [0.2, 0.25) is 0 Å². The second-order valence-corrected chi connectivity index (χ2v) is 3.96. The summed E-state index contributed by atoms with van der Waals surface area (Å²) in [7, 11) is 1.36. The van der Waals surface area contributed by atoms with Crippen LogP contribution in [0, 0.1) is 0 Å². The summed E-state index contributed by atoms with van der Waals surface area (Å²) in [6, 6.07) is 0. The highest BCUT2D eigenvalue weighted by molar-refractivity contribution is 6.53. The number of methoxy groups -OCH3 is 1. The number of aliphatic hydroxyl groups is 1. The van der Waals surface area contributed by atoms with Gasteiger partial charge in [-0.15, -0.1) is 0 Å². The lowest BCUT2D eigenvalue weighted by Crippen LogP contribution is -2.35. The van der Waals surface area contributed by atoms with E-state index in [0.717, 1.165) is 0 Å². The third-order valence-electron chi connectivity index (χ3n) is 1.86. The molecule has 1 aliphatic carbocycles. The van der Waals surface area contributed by atoms with Crippen molar-refractivity contribution in [1.29, 1.82) is 0 Å². The van der Waals surface area contributed by atoms with Crippen molar-refractivity contribution in [2.45, 2.75) is 5.60 Å². The Hall–Kier alpha value is 0.560. The summed E-state index contributed by atoms with van der Waals surface area (Å²) in [6.07, 6.45) is 0. The van der Waals surface area contributed by atoms with E-state index in [2.05, 4.69) is 0 Å². The Morgan fingerprint density at radius 3 is 1.69 bits per heavy atom. The van der Waals surface area contributed by atoms with Crippen molar-refractivity contribution in [3.8, 4) is 0 Å². The van der Waals surface area contributed by atoms with Gasteiger partial charge in [0.05, 0.1) is 26.7 Å². The fraction of sp³-hybridized carbons (Fsp3) is 0.429. The standard InChI is InChI=1S/C7H6Cl4O2/c1-13-7(2-12)5(10)3(8)4(9)6(7)11/h12H,2H2,1H3. The maximum absolute atomic E-state index is 9.11. The van der Waals surface area contributed by atoms with Crippen molar-refractivity contribution in [3.05, 3.63) is 20.1 Å². The Kier molecular flexibility index (Phi) is 3.55. The molecule has 0 fully saturated rings. The Morgan fingerprint density at radius 1 is 1.15 bits per heavy atom. The molecule has 1 aliphatic rings. The van der Waals surface area contributed by atoms with E-state index in [0.29, 0.717) is 0 Å². The number of hydrogen-bond donors (Lipinski definition) is 1.